The maximum absolute atomic E-state index is 4.76. The molecular formula is C17H23N3. The van der Waals surface area contributed by atoms with Gasteiger partial charge in [0.1, 0.15) is 5.82 Å². The van der Waals surface area contributed by atoms with E-state index in [-0.39, 0.29) is 0 Å². The van der Waals surface area contributed by atoms with Crippen molar-refractivity contribution >= 4 is 16.7 Å². The summed E-state index contributed by atoms with van der Waals surface area (Å²) in [4.78, 5) is 4.76. The van der Waals surface area contributed by atoms with Crippen LogP contribution in [0.3, 0.4) is 0 Å². The minimum absolute atomic E-state index is 0.331. The van der Waals surface area contributed by atoms with Gasteiger partial charge < -0.3 is 10.6 Å². The molecule has 2 heterocycles. The fourth-order valence-corrected chi connectivity index (χ4v) is 2.97. The van der Waals surface area contributed by atoms with E-state index < -0.39 is 0 Å². The molecular weight excluding hydrogens is 246 g/mol. The first kappa shape index (κ1) is 13.4. The SMILES string of the molecule is Cc1cc2ccccc2nc1NCC1(C)CCCNC1. The van der Waals surface area contributed by atoms with E-state index >= 15 is 0 Å². The quantitative estimate of drug-likeness (QED) is 0.897. The molecule has 1 unspecified atom stereocenters. The Labute approximate surface area is 120 Å². The van der Waals surface area contributed by atoms with Gasteiger partial charge >= 0.3 is 0 Å². The monoisotopic (exact) mass is 269 g/mol. The van der Waals surface area contributed by atoms with Crippen molar-refractivity contribution < 1.29 is 0 Å². The molecule has 3 heteroatoms. The molecule has 1 aliphatic heterocycles. The molecule has 106 valence electrons. The number of hydrogen-bond donors (Lipinski definition) is 2. The van der Waals surface area contributed by atoms with Crippen molar-refractivity contribution in [2.75, 3.05) is 25.0 Å². The zero-order valence-electron chi connectivity index (χ0n) is 12.4. The van der Waals surface area contributed by atoms with Crippen molar-refractivity contribution in [3.63, 3.8) is 0 Å². The first-order valence-corrected chi connectivity index (χ1v) is 7.47. The van der Waals surface area contributed by atoms with E-state index in [1.807, 2.05) is 6.07 Å². The van der Waals surface area contributed by atoms with Gasteiger partial charge in [-0.2, -0.15) is 0 Å². The summed E-state index contributed by atoms with van der Waals surface area (Å²) in [5, 5.41) is 8.27. The number of aromatic nitrogens is 1. The van der Waals surface area contributed by atoms with E-state index in [2.05, 4.69) is 48.7 Å². The second-order valence-electron chi connectivity index (χ2n) is 6.29. The van der Waals surface area contributed by atoms with E-state index in [1.165, 1.54) is 23.8 Å². The number of nitrogens with zero attached hydrogens (tertiary/aromatic N) is 1. The van der Waals surface area contributed by atoms with Crippen LogP contribution in [0.25, 0.3) is 10.9 Å². The van der Waals surface area contributed by atoms with Crippen molar-refractivity contribution in [1.82, 2.24) is 10.3 Å². The van der Waals surface area contributed by atoms with E-state index in [9.17, 15) is 0 Å². The lowest BCUT2D eigenvalue weighted by molar-refractivity contribution is 0.253. The molecule has 3 rings (SSSR count). The predicted octanol–water partition coefficient (Wildman–Crippen LogP) is 3.34. The molecule has 0 aliphatic carbocycles. The average molecular weight is 269 g/mol. The van der Waals surface area contributed by atoms with Crippen molar-refractivity contribution in [2.45, 2.75) is 26.7 Å². The third kappa shape index (κ3) is 2.78. The molecule has 1 aromatic heterocycles. The van der Waals surface area contributed by atoms with Crippen LogP contribution in [0, 0.1) is 12.3 Å². The number of nitrogens with one attached hydrogen (secondary N) is 2. The number of aryl methyl sites for hydroxylation is 1. The highest BCUT2D eigenvalue weighted by Crippen LogP contribution is 2.27. The molecule has 3 nitrogen and oxygen atoms in total. The van der Waals surface area contributed by atoms with Gasteiger partial charge in [0.05, 0.1) is 5.52 Å². The first-order chi connectivity index (χ1) is 9.66. The van der Waals surface area contributed by atoms with Crippen LogP contribution in [-0.2, 0) is 0 Å². The zero-order chi connectivity index (χ0) is 14.0. The number of benzene rings is 1. The minimum Gasteiger partial charge on any atom is -0.369 e. The Morgan fingerprint density at radius 3 is 3.00 bits per heavy atom. The van der Waals surface area contributed by atoms with Crippen molar-refractivity contribution in [3.05, 3.63) is 35.9 Å². The smallest absolute Gasteiger partial charge is 0.129 e. The van der Waals surface area contributed by atoms with Gasteiger partial charge in [-0.1, -0.05) is 25.1 Å². The Morgan fingerprint density at radius 2 is 2.20 bits per heavy atom. The van der Waals surface area contributed by atoms with Crippen molar-refractivity contribution in [2.24, 2.45) is 5.41 Å². The third-order valence-corrected chi connectivity index (χ3v) is 4.28. The molecule has 20 heavy (non-hydrogen) atoms. The first-order valence-electron chi connectivity index (χ1n) is 7.47. The van der Waals surface area contributed by atoms with Crippen LogP contribution in [0.2, 0.25) is 0 Å². The predicted molar refractivity (Wildman–Crippen MR) is 85.2 cm³/mol. The number of rotatable bonds is 3. The number of pyridine rings is 1. The van der Waals surface area contributed by atoms with Gasteiger partial charge in [0.25, 0.3) is 0 Å². The maximum Gasteiger partial charge on any atom is 0.129 e. The number of fused-ring (bicyclic) bond motifs is 1. The normalized spacial score (nSPS) is 22.9. The summed E-state index contributed by atoms with van der Waals surface area (Å²) < 4.78 is 0. The molecule has 2 aromatic rings. The Morgan fingerprint density at radius 1 is 1.35 bits per heavy atom. The van der Waals surface area contributed by atoms with Crippen LogP contribution in [-0.4, -0.2) is 24.6 Å². The average Bonchev–Trinajstić information content (AvgIpc) is 2.46. The Balaban J connectivity index is 1.78. The van der Waals surface area contributed by atoms with Gasteiger partial charge in [-0.05, 0) is 49.4 Å². The number of para-hydroxylation sites is 1. The Kier molecular flexibility index (Phi) is 3.62. The van der Waals surface area contributed by atoms with Gasteiger partial charge in [0, 0.05) is 18.5 Å². The largest absolute Gasteiger partial charge is 0.369 e. The highest BCUT2D eigenvalue weighted by atomic mass is 15.0. The molecule has 1 aliphatic rings. The van der Waals surface area contributed by atoms with Crippen LogP contribution in [0.5, 0.6) is 0 Å². The number of hydrogen-bond acceptors (Lipinski definition) is 3. The van der Waals surface area contributed by atoms with E-state index in [0.717, 1.165) is 31.0 Å². The maximum atomic E-state index is 4.76. The van der Waals surface area contributed by atoms with E-state index in [4.69, 9.17) is 4.98 Å². The van der Waals surface area contributed by atoms with Crippen LogP contribution in [0.1, 0.15) is 25.3 Å². The highest BCUT2D eigenvalue weighted by molar-refractivity contribution is 5.81. The molecule has 0 bridgehead atoms. The molecule has 1 aromatic carbocycles. The van der Waals surface area contributed by atoms with Crippen LogP contribution in [0.4, 0.5) is 5.82 Å². The van der Waals surface area contributed by atoms with Crippen molar-refractivity contribution in [3.8, 4) is 0 Å². The summed E-state index contributed by atoms with van der Waals surface area (Å²) >= 11 is 0. The Hall–Kier alpha value is -1.61. The summed E-state index contributed by atoms with van der Waals surface area (Å²) in [5.41, 5.74) is 2.61. The summed E-state index contributed by atoms with van der Waals surface area (Å²) in [6, 6.07) is 10.5. The molecule has 2 N–H and O–H groups in total. The summed E-state index contributed by atoms with van der Waals surface area (Å²) in [7, 11) is 0. The second kappa shape index (κ2) is 5.41. The molecule has 1 fully saturated rings. The second-order valence-corrected chi connectivity index (χ2v) is 6.29. The lowest BCUT2D eigenvalue weighted by atomic mass is 9.83. The number of anilines is 1. The summed E-state index contributed by atoms with van der Waals surface area (Å²) in [5.74, 6) is 1.02. The van der Waals surface area contributed by atoms with Crippen LogP contribution < -0.4 is 10.6 Å². The molecule has 0 spiro atoms. The van der Waals surface area contributed by atoms with E-state index in [0.29, 0.717) is 5.41 Å². The fraction of sp³-hybridized carbons (Fsp3) is 0.471. The number of piperidine rings is 1. The molecule has 0 amide bonds. The standard InChI is InChI=1S/C17H23N3/c1-13-10-14-6-3-4-7-15(14)20-16(13)19-12-17(2)8-5-9-18-11-17/h3-4,6-7,10,18H,5,8-9,11-12H2,1-2H3,(H,19,20). The Bertz CT molecular complexity index is 600. The van der Waals surface area contributed by atoms with Gasteiger partial charge in [0.2, 0.25) is 0 Å². The van der Waals surface area contributed by atoms with Crippen molar-refractivity contribution in [1.29, 1.82) is 0 Å². The van der Waals surface area contributed by atoms with Gasteiger partial charge in [-0.3, -0.25) is 0 Å². The zero-order valence-corrected chi connectivity index (χ0v) is 12.4. The lowest BCUT2D eigenvalue weighted by Gasteiger charge is -2.34. The molecule has 0 saturated carbocycles. The van der Waals surface area contributed by atoms with Gasteiger partial charge in [0.15, 0.2) is 0 Å². The van der Waals surface area contributed by atoms with Gasteiger partial charge in [-0.15, -0.1) is 0 Å². The van der Waals surface area contributed by atoms with E-state index in [1.54, 1.807) is 0 Å². The summed E-state index contributed by atoms with van der Waals surface area (Å²) in [6.07, 6.45) is 2.54. The van der Waals surface area contributed by atoms with Crippen LogP contribution in [0.15, 0.2) is 30.3 Å². The molecule has 1 atom stereocenters. The van der Waals surface area contributed by atoms with Gasteiger partial charge in [-0.25, -0.2) is 4.98 Å². The fourth-order valence-electron chi connectivity index (χ4n) is 2.97. The van der Waals surface area contributed by atoms with Crippen LogP contribution >= 0.6 is 0 Å². The molecule has 1 saturated heterocycles. The third-order valence-electron chi connectivity index (χ3n) is 4.28. The minimum atomic E-state index is 0.331. The lowest BCUT2D eigenvalue weighted by Crippen LogP contribution is -2.42. The highest BCUT2D eigenvalue weighted by Gasteiger charge is 2.26. The topological polar surface area (TPSA) is 37.0 Å². The molecule has 0 radical (unpaired) electrons. The summed E-state index contributed by atoms with van der Waals surface area (Å²) in [6.45, 7) is 7.70.